The van der Waals surface area contributed by atoms with Crippen LogP contribution in [0.4, 0.5) is 0 Å². The number of rotatable bonds is 4. The van der Waals surface area contributed by atoms with E-state index >= 15 is 0 Å². The van der Waals surface area contributed by atoms with Gasteiger partial charge in [0.15, 0.2) is 0 Å². The first-order valence-corrected chi connectivity index (χ1v) is 6.23. The maximum absolute atomic E-state index is 11.1. The number of ether oxygens (including phenoxy) is 2. The molecule has 3 nitrogen and oxygen atoms in total. The number of carbonyl (C=O) groups is 1. The molecule has 0 saturated carbocycles. The van der Waals surface area contributed by atoms with Gasteiger partial charge in [0, 0.05) is 6.08 Å². The Bertz CT molecular complexity index is 627. The molecule has 0 atom stereocenters. The third kappa shape index (κ3) is 3.06. The summed E-state index contributed by atoms with van der Waals surface area (Å²) in [6, 6.07) is 13.3. The van der Waals surface area contributed by atoms with Crippen LogP contribution in [0.25, 0.3) is 11.1 Å². The molecule has 2 aromatic carbocycles. The monoisotopic (exact) mass is 268 g/mol. The van der Waals surface area contributed by atoms with E-state index in [-0.39, 0.29) is 0 Å². The van der Waals surface area contributed by atoms with Crippen LogP contribution in [0, 0.1) is 6.92 Å². The van der Waals surface area contributed by atoms with Gasteiger partial charge in [0.1, 0.15) is 11.5 Å². The number of hydrogen-bond donors (Lipinski definition) is 0. The van der Waals surface area contributed by atoms with Gasteiger partial charge in [-0.05, 0) is 47.9 Å². The first kappa shape index (κ1) is 13.9. The molecule has 20 heavy (non-hydrogen) atoms. The quantitative estimate of drug-likeness (QED) is 0.481. The standard InChI is InChI=1S/C17H16O3/c1-4-17(18)20-15-8-5-13(6-9-15)14-7-10-16(19-3)12(2)11-14/h4-11H,1H2,2-3H3. The van der Waals surface area contributed by atoms with E-state index in [1.165, 1.54) is 0 Å². The lowest BCUT2D eigenvalue weighted by Crippen LogP contribution is -2.02. The highest BCUT2D eigenvalue weighted by molar-refractivity contribution is 5.83. The smallest absolute Gasteiger partial charge is 0.335 e. The zero-order valence-electron chi connectivity index (χ0n) is 11.6. The SMILES string of the molecule is C=CC(=O)Oc1ccc(-c2ccc(OC)c(C)c2)cc1. The Balaban J connectivity index is 2.23. The predicted octanol–water partition coefficient (Wildman–Crippen LogP) is 3.76. The zero-order valence-corrected chi connectivity index (χ0v) is 11.6. The zero-order chi connectivity index (χ0) is 14.5. The van der Waals surface area contributed by atoms with E-state index in [1.54, 1.807) is 19.2 Å². The average Bonchev–Trinajstić information content (AvgIpc) is 2.47. The lowest BCUT2D eigenvalue weighted by atomic mass is 10.0. The Hall–Kier alpha value is -2.55. The van der Waals surface area contributed by atoms with Crippen LogP contribution in [0.2, 0.25) is 0 Å². The second-order valence-electron chi connectivity index (χ2n) is 4.33. The second kappa shape index (κ2) is 6.06. The summed E-state index contributed by atoms with van der Waals surface area (Å²) in [5.41, 5.74) is 3.21. The van der Waals surface area contributed by atoms with E-state index in [9.17, 15) is 4.79 Å². The Morgan fingerprint density at radius 1 is 1.10 bits per heavy atom. The topological polar surface area (TPSA) is 35.5 Å². The number of hydrogen-bond acceptors (Lipinski definition) is 3. The molecule has 0 unspecified atom stereocenters. The summed E-state index contributed by atoms with van der Waals surface area (Å²) in [6.07, 6.45) is 1.14. The van der Waals surface area contributed by atoms with E-state index in [1.807, 2.05) is 31.2 Å². The first-order chi connectivity index (χ1) is 9.63. The maximum Gasteiger partial charge on any atom is 0.335 e. The highest BCUT2D eigenvalue weighted by Crippen LogP contribution is 2.27. The molecule has 0 heterocycles. The van der Waals surface area contributed by atoms with Crippen LogP contribution < -0.4 is 9.47 Å². The van der Waals surface area contributed by atoms with Gasteiger partial charge in [-0.1, -0.05) is 24.8 Å². The first-order valence-electron chi connectivity index (χ1n) is 6.23. The number of aryl methyl sites for hydroxylation is 1. The van der Waals surface area contributed by atoms with Crippen molar-refractivity contribution in [3.05, 3.63) is 60.7 Å². The van der Waals surface area contributed by atoms with Crippen molar-refractivity contribution in [2.45, 2.75) is 6.92 Å². The number of carbonyl (C=O) groups excluding carboxylic acids is 1. The molecule has 0 N–H and O–H groups in total. The third-order valence-corrected chi connectivity index (χ3v) is 2.97. The van der Waals surface area contributed by atoms with E-state index < -0.39 is 5.97 Å². The van der Waals surface area contributed by atoms with Crippen molar-refractivity contribution >= 4 is 5.97 Å². The van der Waals surface area contributed by atoms with Crippen molar-refractivity contribution in [1.82, 2.24) is 0 Å². The van der Waals surface area contributed by atoms with Gasteiger partial charge in [-0.25, -0.2) is 4.79 Å². The third-order valence-electron chi connectivity index (χ3n) is 2.97. The molecule has 102 valence electrons. The molecule has 0 spiro atoms. The molecule has 0 aromatic heterocycles. The van der Waals surface area contributed by atoms with E-state index in [4.69, 9.17) is 9.47 Å². The summed E-state index contributed by atoms with van der Waals surface area (Å²) in [5.74, 6) is 0.909. The van der Waals surface area contributed by atoms with Gasteiger partial charge >= 0.3 is 5.97 Å². The Morgan fingerprint density at radius 2 is 1.75 bits per heavy atom. The normalized spacial score (nSPS) is 9.90. The highest BCUT2D eigenvalue weighted by atomic mass is 16.5. The van der Waals surface area contributed by atoms with E-state index in [0.717, 1.165) is 28.5 Å². The Labute approximate surface area is 118 Å². The fourth-order valence-corrected chi connectivity index (χ4v) is 1.93. The lowest BCUT2D eigenvalue weighted by Gasteiger charge is -2.08. The molecule has 2 rings (SSSR count). The van der Waals surface area contributed by atoms with Gasteiger partial charge < -0.3 is 9.47 Å². The van der Waals surface area contributed by atoms with Gasteiger partial charge in [0.25, 0.3) is 0 Å². The van der Waals surface area contributed by atoms with Crippen LogP contribution >= 0.6 is 0 Å². The van der Waals surface area contributed by atoms with E-state index in [0.29, 0.717) is 5.75 Å². The Morgan fingerprint density at radius 3 is 2.30 bits per heavy atom. The van der Waals surface area contributed by atoms with Gasteiger partial charge in [-0.3, -0.25) is 0 Å². The summed E-state index contributed by atoms with van der Waals surface area (Å²) in [7, 11) is 1.66. The summed E-state index contributed by atoms with van der Waals surface area (Å²) in [6.45, 7) is 5.36. The molecule has 3 heteroatoms. The van der Waals surface area contributed by atoms with Crippen LogP contribution in [0.1, 0.15) is 5.56 Å². The van der Waals surface area contributed by atoms with Gasteiger partial charge in [0.05, 0.1) is 7.11 Å². The van der Waals surface area contributed by atoms with Crippen molar-refractivity contribution in [3.8, 4) is 22.6 Å². The van der Waals surface area contributed by atoms with Gasteiger partial charge in [-0.2, -0.15) is 0 Å². The van der Waals surface area contributed by atoms with Crippen LogP contribution in [0.15, 0.2) is 55.1 Å². The van der Waals surface area contributed by atoms with Crippen molar-refractivity contribution < 1.29 is 14.3 Å². The van der Waals surface area contributed by atoms with Crippen LogP contribution in [0.5, 0.6) is 11.5 Å². The van der Waals surface area contributed by atoms with Crippen LogP contribution in [-0.4, -0.2) is 13.1 Å². The summed E-state index contributed by atoms with van der Waals surface area (Å²) >= 11 is 0. The molecule has 0 fully saturated rings. The van der Waals surface area contributed by atoms with Crippen molar-refractivity contribution in [2.24, 2.45) is 0 Å². The summed E-state index contributed by atoms with van der Waals surface area (Å²) in [4.78, 5) is 11.1. The van der Waals surface area contributed by atoms with Gasteiger partial charge in [0.2, 0.25) is 0 Å². The molecule has 0 aliphatic carbocycles. The minimum absolute atomic E-state index is 0.460. The number of benzene rings is 2. The van der Waals surface area contributed by atoms with Crippen molar-refractivity contribution in [2.75, 3.05) is 7.11 Å². The predicted molar refractivity (Wildman–Crippen MR) is 79.0 cm³/mol. The number of esters is 1. The van der Waals surface area contributed by atoms with Gasteiger partial charge in [-0.15, -0.1) is 0 Å². The number of methoxy groups -OCH3 is 1. The molecular formula is C17H16O3. The molecule has 0 amide bonds. The maximum atomic E-state index is 11.1. The Kier molecular flexibility index (Phi) is 4.20. The van der Waals surface area contributed by atoms with Crippen molar-refractivity contribution in [1.29, 1.82) is 0 Å². The largest absolute Gasteiger partial charge is 0.496 e. The summed E-state index contributed by atoms with van der Waals surface area (Å²) < 4.78 is 10.3. The molecule has 0 bridgehead atoms. The minimum atomic E-state index is -0.460. The molecule has 0 aliphatic heterocycles. The molecule has 0 aliphatic rings. The lowest BCUT2D eigenvalue weighted by molar-refractivity contribution is -0.128. The van der Waals surface area contributed by atoms with Crippen LogP contribution in [-0.2, 0) is 4.79 Å². The van der Waals surface area contributed by atoms with E-state index in [2.05, 4.69) is 12.6 Å². The molecule has 0 radical (unpaired) electrons. The highest BCUT2D eigenvalue weighted by Gasteiger charge is 2.04. The summed E-state index contributed by atoms with van der Waals surface area (Å²) in [5, 5.41) is 0. The fourth-order valence-electron chi connectivity index (χ4n) is 1.93. The van der Waals surface area contributed by atoms with Crippen molar-refractivity contribution in [3.63, 3.8) is 0 Å². The molecule has 0 saturated heterocycles. The van der Waals surface area contributed by atoms with Crippen LogP contribution in [0.3, 0.4) is 0 Å². The minimum Gasteiger partial charge on any atom is -0.496 e. The average molecular weight is 268 g/mol. The molecule has 2 aromatic rings. The molecular weight excluding hydrogens is 252 g/mol. The second-order valence-corrected chi connectivity index (χ2v) is 4.33. The fraction of sp³-hybridized carbons (Fsp3) is 0.118.